The molecule has 1 aromatic carbocycles. The Balaban J connectivity index is 1.83. The minimum Gasteiger partial charge on any atom is -0.368 e. The fraction of sp³-hybridized carbons (Fsp3) is 0.200. The number of hydrogen-bond acceptors (Lipinski definition) is 5. The van der Waals surface area contributed by atoms with Gasteiger partial charge in [0.15, 0.2) is 5.78 Å². The van der Waals surface area contributed by atoms with E-state index in [1.54, 1.807) is 25.1 Å². The fourth-order valence-corrected chi connectivity index (χ4v) is 3.74. The summed E-state index contributed by atoms with van der Waals surface area (Å²) < 4.78 is 13.9. The van der Waals surface area contributed by atoms with Crippen LogP contribution in [-0.4, -0.2) is 20.7 Å². The summed E-state index contributed by atoms with van der Waals surface area (Å²) in [6.45, 7) is 1.74. The molecule has 0 radical (unpaired) electrons. The third-order valence-corrected chi connectivity index (χ3v) is 4.85. The van der Waals surface area contributed by atoms with Gasteiger partial charge in [0.05, 0.1) is 17.0 Å². The van der Waals surface area contributed by atoms with Gasteiger partial charge in [0, 0.05) is 23.7 Å². The molecule has 2 aromatic heterocycles. The van der Waals surface area contributed by atoms with Crippen molar-refractivity contribution in [1.82, 2.24) is 15.0 Å². The van der Waals surface area contributed by atoms with Crippen LogP contribution in [0.1, 0.15) is 39.6 Å². The second kappa shape index (κ2) is 6.42. The van der Waals surface area contributed by atoms with Gasteiger partial charge in [-0.2, -0.15) is 0 Å². The molecule has 7 heteroatoms. The zero-order valence-corrected chi connectivity index (χ0v) is 14.6. The third-order valence-electron chi connectivity index (χ3n) is 4.85. The fourth-order valence-electron chi connectivity index (χ4n) is 3.74. The Morgan fingerprint density at radius 3 is 2.74 bits per heavy atom. The van der Waals surface area contributed by atoms with E-state index < -0.39 is 5.82 Å². The normalized spacial score (nSPS) is 16.2. The molecule has 1 unspecified atom stereocenters. The highest BCUT2D eigenvalue weighted by atomic mass is 19.1. The first-order valence-electron chi connectivity index (χ1n) is 8.57. The Morgan fingerprint density at radius 2 is 1.96 bits per heavy atom. The van der Waals surface area contributed by atoms with Crippen molar-refractivity contribution in [3.63, 3.8) is 0 Å². The molecule has 1 aliphatic carbocycles. The minimum absolute atomic E-state index is 0.0596. The van der Waals surface area contributed by atoms with E-state index >= 15 is 0 Å². The summed E-state index contributed by atoms with van der Waals surface area (Å²) in [6, 6.07) is 9.12. The lowest BCUT2D eigenvalue weighted by atomic mass is 9.79. The number of anilines is 1. The molecule has 27 heavy (non-hydrogen) atoms. The van der Waals surface area contributed by atoms with Crippen LogP contribution in [-0.2, 0) is 6.42 Å². The highest BCUT2D eigenvalue weighted by Gasteiger charge is 2.31. The monoisotopic (exact) mass is 364 g/mol. The van der Waals surface area contributed by atoms with E-state index in [9.17, 15) is 14.0 Å². The summed E-state index contributed by atoms with van der Waals surface area (Å²) >= 11 is 0. The number of nitrogens with zero attached hydrogens (tertiary/aromatic N) is 2. The molecule has 136 valence electrons. The number of hydrogen-bond donors (Lipinski definition) is 2. The molecule has 3 aromatic rings. The number of H-pyrrole nitrogens is 1. The molecular weight excluding hydrogens is 347 g/mol. The number of nitrogen functional groups attached to an aromatic ring is 1. The summed E-state index contributed by atoms with van der Waals surface area (Å²) in [7, 11) is 0. The van der Waals surface area contributed by atoms with Crippen molar-refractivity contribution in [3.05, 3.63) is 75.1 Å². The van der Waals surface area contributed by atoms with E-state index in [1.807, 2.05) is 0 Å². The van der Waals surface area contributed by atoms with Crippen molar-refractivity contribution in [2.45, 2.75) is 25.7 Å². The van der Waals surface area contributed by atoms with Crippen LogP contribution < -0.4 is 11.3 Å². The number of carbonyl (C=O) groups is 1. The van der Waals surface area contributed by atoms with Gasteiger partial charge in [0.2, 0.25) is 11.5 Å². The van der Waals surface area contributed by atoms with Crippen LogP contribution in [0.5, 0.6) is 0 Å². The quantitative estimate of drug-likeness (QED) is 0.728. The zero-order valence-electron chi connectivity index (χ0n) is 14.6. The van der Waals surface area contributed by atoms with Crippen LogP contribution in [0, 0.1) is 12.7 Å². The average Bonchev–Trinajstić information content (AvgIpc) is 2.60. The molecule has 0 bridgehead atoms. The molecule has 2 heterocycles. The molecule has 0 aliphatic heterocycles. The average molecular weight is 364 g/mol. The largest absolute Gasteiger partial charge is 0.368 e. The summed E-state index contributed by atoms with van der Waals surface area (Å²) in [5, 5.41) is 0. The van der Waals surface area contributed by atoms with Crippen molar-refractivity contribution < 1.29 is 9.18 Å². The molecule has 0 saturated heterocycles. The van der Waals surface area contributed by atoms with Crippen molar-refractivity contribution in [2.24, 2.45) is 0 Å². The number of Topliss-reactive ketones (excluding diaryl/α,β-unsaturated/α-hetero) is 1. The molecule has 3 N–H and O–H groups in total. The number of pyridine rings is 1. The van der Waals surface area contributed by atoms with Crippen molar-refractivity contribution in [1.29, 1.82) is 0 Å². The number of rotatable bonds is 2. The predicted molar refractivity (Wildman–Crippen MR) is 99.0 cm³/mol. The number of fused-ring (bicyclic) bond motifs is 1. The van der Waals surface area contributed by atoms with Crippen LogP contribution in [0.15, 0.2) is 41.2 Å². The molecule has 0 amide bonds. The van der Waals surface area contributed by atoms with Gasteiger partial charge >= 0.3 is 0 Å². The minimum atomic E-state index is -0.414. The first-order valence-corrected chi connectivity index (χ1v) is 8.57. The number of aromatic amines is 1. The van der Waals surface area contributed by atoms with Gasteiger partial charge in [-0.1, -0.05) is 12.1 Å². The maximum atomic E-state index is 13.9. The van der Waals surface area contributed by atoms with Crippen LogP contribution in [0.25, 0.3) is 11.3 Å². The molecular formula is C20H17FN4O2. The number of halogens is 1. The predicted octanol–water partition coefficient (Wildman–Crippen LogP) is 2.77. The Bertz CT molecular complexity index is 1120. The Hall–Kier alpha value is -3.35. The number of aromatic nitrogens is 3. The molecule has 0 spiro atoms. The van der Waals surface area contributed by atoms with Gasteiger partial charge in [0.25, 0.3) is 0 Å². The van der Waals surface area contributed by atoms with E-state index in [-0.39, 0.29) is 29.6 Å². The molecule has 1 atom stereocenters. The standard InChI is InChI=1S/C20H17FN4O2/c1-10-19-16(25-20(22)23-10)7-11(8-17(19)26)13-6-5-12(21)9-14(13)15-3-2-4-18(27)24-15/h2-6,9,11H,7-8H2,1H3,(H,24,27)(H2,22,23,25). The van der Waals surface area contributed by atoms with E-state index in [0.29, 0.717) is 34.6 Å². The molecule has 1 aliphatic rings. The number of benzene rings is 1. The number of aryl methyl sites for hydroxylation is 1. The SMILES string of the molecule is Cc1nc(N)nc2c1C(=O)CC(c1ccc(F)cc1-c1cccc(=O)[nH]1)C2. The lowest BCUT2D eigenvalue weighted by molar-refractivity contribution is 0.0962. The summed E-state index contributed by atoms with van der Waals surface area (Å²) in [4.78, 5) is 35.5. The van der Waals surface area contributed by atoms with E-state index in [2.05, 4.69) is 15.0 Å². The van der Waals surface area contributed by atoms with Crippen LogP contribution in [0.2, 0.25) is 0 Å². The summed E-state index contributed by atoms with van der Waals surface area (Å²) in [5.41, 5.74) is 9.04. The lowest BCUT2D eigenvalue weighted by Gasteiger charge is -2.26. The highest BCUT2D eigenvalue weighted by molar-refractivity contribution is 6.00. The van der Waals surface area contributed by atoms with Gasteiger partial charge in [-0.15, -0.1) is 0 Å². The maximum absolute atomic E-state index is 13.9. The van der Waals surface area contributed by atoms with Gasteiger partial charge in [-0.05, 0) is 43.0 Å². The molecule has 6 nitrogen and oxygen atoms in total. The first-order chi connectivity index (χ1) is 12.9. The summed E-state index contributed by atoms with van der Waals surface area (Å²) in [6.07, 6.45) is 0.751. The summed E-state index contributed by atoms with van der Waals surface area (Å²) in [5.74, 6) is -0.539. The Labute approximate surface area is 154 Å². The van der Waals surface area contributed by atoms with Crippen molar-refractivity contribution in [2.75, 3.05) is 5.73 Å². The molecule has 0 saturated carbocycles. The first kappa shape index (κ1) is 17.1. The van der Waals surface area contributed by atoms with E-state index in [0.717, 1.165) is 5.56 Å². The number of ketones is 1. The molecule has 4 rings (SSSR count). The van der Waals surface area contributed by atoms with Crippen LogP contribution in [0.4, 0.5) is 10.3 Å². The van der Waals surface area contributed by atoms with E-state index in [1.165, 1.54) is 18.2 Å². The Kier molecular flexibility index (Phi) is 4.07. The lowest BCUT2D eigenvalue weighted by Crippen LogP contribution is -2.23. The van der Waals surface area contributed by atoms with Crippen LogP contribution in [0.3, 0.4) is 0 Å². The van der Waals surface area contributed by atoms with Gasteiger partial charge in [-0.25, -0.2) is 14.4 Å². The zero-order chi connectivity index (χ0) is 19.1. The smallest absolute Gasteiger partial charge is 0.248 e. The maximum Gasteiger partial charge on any atom is 0.248 e. The van der Waals surface area contributed by atoms with Crippen molar-refractivity contribution in [3.8, 4) is 11.3 Å². The van der Waals surface area contributed by atoms with E-state index in [4.69, 9.17) is 5.73 Å². The topological polar surface area (TPSA) is 102 Å². The van der Waals surface area contributed by atoms with Gasteiger partial charge in [0.1, 0.15) is 5.82 Å². The number of nitrogens with two attached hydrogens (primary N) is 1. The third kappa shape index (κ3) is 3.12. The molecule has 0 fully saturated rings. The van der Waals surface area contributed by atoms with Gasteiger partial charge in [-0.3, -0.25) is 9.59 Å². The van der Waals surface area contributed by atoms with Crippen LogP contribution >= 0.6 is 0 Å². The highest BCUT2D eigenvalue weighted by Crippen LogP contribution is 2.37. The Morgan fingerprint density at radius 1 is 1.15 bits per heavy atom. The number of carbonyl (C=O) groups excluding carboxylic acids is 1. The van der Waals surface area contributed by atoms with Crippen molar-refractivity contribution >= 4 is 11.7 Å². The second-order valence-electron chi connectivity index (χ2n) is 6.68. The van der Waals surface area contributed by atoms with Gasteiger partial charge < -0.3 is 10.7 Å². The number of nitrogens with one attached hydrogen (secondary N) is 1. The second-order valence-corrected chi connectivity index (χ2v) is 6.68.